The zero-order valence-corrected chi connectivity index (χ0v) is 11.1. The number of aryl methyl sites for hydroxylation is 1. The van der Waals surface area contributed by atoms with Gasteiger partial charge in [0.25, 0.3) is 0 Å². The fourth-order valence-electron chi connectivity index (χ4n) is 3.16. The molecule has 3 rings (SSSR count). The molecule has 1 aromatic rings. The summed E-state index contributed by atoms with van der Waals surface area (Å²) in [7, 11) is 0. The summed E-state index contributed by atoms with van der Waals surface area (Å²) < 4.78 is 8.23. The Morgan fingerprint density at radius 1 is 1.61 bits per heavy atom. The fraction of sp³-hybridized carbons (Fsp3) is 0.400. The van der Waals surface area contributed by atoms with Gasteiger partial charge in [-0.3, -0.25) is 4.79 Å². The van der Waals surface area contributed by atoms with E-state index in [0.29, 0.717) is 11.1 Å². The SMILES string of the molecule is [2H]c1c(Cl)c(C)cc2c1C1=C(C2)C(C(N)=O)CCC1. The van der Waals surface area contributed by atoms with Crippen LogP contribution in [0.25, 0.3) is 5.57 Å². The van der Waals surface area contributed by atoms with E-state index in [9.17, 15) is 4.79 Å². The summed E-state index contributed by atoms with van der Waals surface area (Å²) >= 11 is 6.19. The molecule has 94 valence electrons. The van der Waals surface area contributed by atoms with Crippen LogP contribution in [0.5, 0.6) is 0 Å². The summed E-state index contributed by atoms with van der Waals surface area (Å²) in [6.45, 7) is 1.92. The first-order valence-corrected chi connectivity index (χ1v) is 6.68. The summed E-state index contributed by atoms with van der Waals surface area (Å²) in [5, 5.41) is 0.522. The van der Waals surface area contributed by atoms with Gasteiger partial charge in [0.05, 0.1) is 7.29 Å². The number of carbonyl (C=O) groups excluding carboxylic acids is 1. The van der Waals surface area contributed by atoms with Crippen LogP contribution in [0.4, 0.5) is 0 Å². The van der Waals surface area contributed by atoms with Gasteiger partial charge in [0.1, 0.15) is 0 Å². The second-order valence-electron chi connectivity index (χ2n) is 5.19. The highest BCUT2D eigenvalue weighted by molar-refractivity contribution is 6.31. The Morgan fingerprint density at radius 2 is 2.39 bits per heavy atom. The van der Waals surface area contributed by atoms with Crippen molar-refractivity contribution in [3.05, 3.63) is 39.4 Å². The summed E-state index contributed by atoms with van der Waals surface area (Å²) in [4.78, 5) is 11.6. The van der Waals surface area contributed by atoms with Crippen LogP contribution in [0, 0.1) is 12.8 Å². The first kappa shape index (κ1) is 10.6. The first-order valence-electron chi connectivity index (χ1n) is 6.81. The Bertz CT molecular complexity index is 621. The smallest absolute Gasteiger partial charge is 0.224 e. The van der Waals surface area contributed by atoms with Crippen molar-refractivity contribution in [1.82, 2.24) is 0 Å². The molecule has 2 N–H and O–H groups in total. The van der Waals surface area contributed by atoms with Gasteiger partial charge in [-0.25, -0.2) is 0 Å². The van der Waals surface area contributed by atoms with E-state index in [1.54, 1.807) is 0 Å². The lowest BCUT2D eigenvalue weighted by molar-refractivity contribution is -0.121. The second kappa shape index (κ2) is 4.13. The van der Waals surface area contributed by atoms with Gasteiger partial charge in [0.2, 0.25) is 5.91 Å². The lowest BCUT2D eigenvalue weighted by Crippen LogP contribution is -2.27. The van der Waals surface area contributed by atoms with Crippen LogP contribution in [0.2, 0.25) is 5.02 Å². The number of rotatable bonds is 1. The molecule has 1 amide bonds. The van der Waals surface area contributed by atoms with E-state index in [0.717, 1.165) is 53.5 Å². The molecule has 0 saturated heterocycles. The molecular formula is C15H16ClNO. The maximum Gasteiger partial charge on any atom is 0.224 e. The number of carbonyl (C=O) groups is 1. The Hall–Kier alpha value is -1.28. The summed E-state index contributed by atoms with van der Waals surface area (Å²) in [5.41, 5.74) is 10.8. The minimum absolute atomic E-state index is 0.158. The Balaban J connectivity index is 2.17. The van der Waals surface area contributed by atoms with Crippen LogP contribution in [0.3, 0.4) is 0 Å². The van der Waals surface area contributed by atoms with Crippen molar-refractivity contribution < 1.29 is 6.17 Å². The number of allylic oxidation sites excluding steroid dienone is 1. The van der Waals surface area contributed by atoms with Crippen molar-refractivity contribution in [2.45, 2.75) is 32.6 Å². The molecule has 0 fully saturated rings. The van der Waals surface area contributed by atoms with Gasteiger partial charge in [0, 0.05) is 5.02 Å². The zero-order chi connectivity index (χ0) is 13.7. The van der Waals surface area contributed by atoms with Gasteiger partial charge < -0.3 is 5.73 Å². The average Bonchev–Trinajstić information content (AvgIpc) is 2.73. The molecule has 0 spiro atoms. The van der Waals surface area contributed by atoms with Crippen LogP contribution >= 0.6 is 11.6 Å². The highest BCUT2D eigenvalue weighted by Crippen LogP contribution is 2.45. The molecule has 0 bridgehead atoms. The van der Waals surface area contributed by atoms with Gasteiger partial charge >= 0.3 is 0 Å². The minimum atomic E-state index is -0.241. The van der Waals surface area contributed by atoms with Gasteiger partial charge in [0.15, 0.2) is 0 Å². The number of amides is 1. The standard InChI is InChI=1S/C15H16ClNO/c1-8-5-9-6-13-10(12(9)7-14(8)16)3-2-4-11(13)15(17)18/h5,7,11H,2-4,6H2,1H3,(H2,17,18)/i7D. The summed E-state index contributed by atoms with van der Waals surface area (Å²) in [6, 6.07) is 2.46. The lowest BCUT2D eigenvalue weighted by Gasteiger charge is -2.22. The van der Waals surface area contributed by atoms with Crippen molar-refractivity contribution in [2.24, 2.45) is 11.7 Å². The highest BCUT2D eigenvalue weighted by Gasteiger charge is 2.33. The number of nitrogens with two attached hydrogens (primary N) is 1. The predicted molar refractivity (Wildman–Crippen MR) is 73.3 cm³/mol. The van der Waals surface area contributed by atoms with E-state index in [2.05, 4.69) is 0 Å². The number of halogens is 1. The van der Waals surface area contributed by atoms with Gasteiger partial charge in [-0.15, -0.1) is 0 Å². The maximum absolute atomic E-state index is 11.6. The Kier molecular flexibility index (Phi) is 2.44. The average molecular weight is 263 g/mol. The molecule has 0 heterocycles. The molecule has 18 heavy (non-hydrogen) atoms. The third kappa shape index (κ3) is 1.67. The first-order chi connectivity index (χ1) is 9.00. The van der Waals surface area contributed by atoms with Crippen molar-refractivity contribution in [2.75, 3.05) is 0 Å². The minimum Gasteiger partial charge on any atom is -0.369 e. The molecule has 2 nitrogen and oxygen atoms in total. The topological polar surface area (TPSA) is 43.1 Å². The fourth-order valence-corrected chi connectivity index (χ4v) is 3.31. The normalized spacial score (nSPS) is 22.6. The summed E-state index contributed by atoms with van der Waals surface area (Å²) in [6.07, 6.45) is 3.47. The molecule has 0 radical (unpaired) electrons. The molecule has 1 atom stereocenters. The van der Waals surface area contributed by atoms with Crippen LogP contribution in [0.1, 0.15) is 37.3 Å². The van der Waals surface area contributed by atoms with E-state index in [4.69, 9.17) is 18.7 Å². The predicted octanol–water partition coefficient (Wildman–Crippen LogP) is 3.24. The molecule has 0 aromatic heterocycles. The Morgan fingerprint density at radius 3 is 3.11 bits per heavy atom. The largest absolute Gasteiger partial charge is 0.369 e. The van der Waals surface area contributed by atoms with Crippen LogP contribution in [-0.2, 0) is 11.2 Å². The van der Waals surface area contributed by atoms with Crippen molar-refractivity contribution in [3.8, 4) is 0 Å². The van der Waals surface area contributed by atoms with E-state index < -0.39 is 0 Å². The number of benzene rings is 1. The molecule has 2 aliphatic rings. The summed E-state index contributed by atoms with van der Waals surface area (Å²) in [5.74, 6) is -0.399. The third-order valence-electron chi connectivity index (χ3n) is 4.05. The number of fused-ring (bicyclic) bond motifs is 2. The van der Waals surface area contributed by atoms with Crippen LogP contribution < -0.4 is 5.73 Å². The second-order valence-corrected chi connectivity index (χ2v) is 5.57. The molecular weight excluding hydrogens is 246 g/mol. The molecule has 0 aliphatic heterocycles. The maximum atomic E-state index is 11.6. The van der Waals surface area contributed by atoms with Crippen LogP contribution in [0.15, 0.2) is 17.7 Å². The monoisotopic (exact) mass is 262 g/mol. The van der Waals surface area contributed by atoms with Crippen LogP contribution in [-0.4, -0.2) is 5.91 Å². The molecule has 3 heteroatoms. The lowest BCUT2D eigenvalue weighted by atomic mass is 9.82. The van der Waals surface area contributed by atoms with E-state index in [-0.39, 0.29) is 11.8 Å². The molecule has 0 saturated carbocycles. The Labute approximate surface area is 113 Å². The van der Waals surface area contributed by atoms with E-state index in [1.807, 2.05) is 13.0 Å². The van der Waals surface area contributed by atoms with E-state index >= 15 is 0 Å². The zero-order valence-electron chi connectivity index (χ0n) is 11.3. The quantitative estimate of drug-likeness (QED) is 0.830. The van der Waals surface area contributed by atoms with Gasteiger partial charge in [-0.2, -0.15) is 0 Å². The van der Waals surface area contributed by atoms with Gasteiger partial charge in [-0.05, 0) is 66.5 Å². The molecule has 2 aliphatic carbocycles. The number of hydrogen-bond acceptors (Lipinski definition) is 1. The number of primary amides is 1. The van der Waals surface area contributed by atoms with Crippen molar-refractivity contribution in [3.63, 3.8) is 0 Å². The molecule has 1 aromatic carbocycles. The van der Waals surface area contributed by atoms with Crippen molar-refractivity contribution >= 4 is 23.1 Å². The highest BCUT2D eigenvalue weighted by atomic mass is 35.5. The molecule has 1 unspecified atom stereocenters. The third-order valence-corrected chi connectivity index (χ3v) is 4.44. The van der Waals surface area contributed by atoms with Gasteiger partial charge in [-0.1, -0.05) is 17.7 Å². The van der Waals surface area contributed by atoms with E-state index in [1.165, 1.54) is 0 Å². The van der Waals surface area contributed by atoms with Crippen molar-refractivity contribution in [1.29, 1.82) is 0 Å². The number of hydrogen-bond donors (Lipinski definition) is 1.